The van der Waals surface area contributed by atoms with E-state index in [0.29, 0.717) is 19.1 Å². The van der Waals surface area contributed by atoms with Gasteiger partial charge in [-0.3, -0.25) is 4.99 Å². The Morgan fingerprint density at radius 2 is 2.04 bits per heavy atom. The molecule has 0 aromatic heterocycles. The zero-order valence-corrected chi connectivity index (χ0v) is 15.0. The van der Waals surface area contributed by atoms with Gasteiger partial charge in [-0.1, -0.05) is 42.5 Å². The van der Waals surface area contributed by atoms with E-state index in [2.05, 4.69) is 27.8 Å². The van der Waals surface area contributed by atoms with Gasteiger partial charge in [-0.15, -0.1) is 0 Å². The van der Waals surface area contributed by atoms with Gasteiger partial charge in [0.15, 0.2) is 5.96 Å². The fourth-order valence-corrected chi connectivity index (χ4v) is 3.93. The Morgan fingerprint density at radius 1 is 1.23 bits per heavy atom. The van der Waals surface area contributed by atoms with Crippen molar-refractivity contribution in [2.24, 2.45) is 4.99 Å². The molecule has 136 valence electrons. The Balaban J connectivity index is 1.44. The number of nitrogens with one attached hydrogen (secondary N) is 2. The molecule has 4 rings (SSSR count). The van der Waals surface area contributed by atoms with Gasteiger partial charge in [0.05, 0.1) is 19.2 Å². The predicted molar refractivity (Wildman–Crippen MR) is 102 cm³/mol. The lowest BCUT2D eigenvalue weighted by Crippen LogP contribution is -2.46. The first-order valence-electron chi connectivity index (χ1n) is 9.19. The van der Waals surface area contributed by atoms with Gasteiger partial charge in [0.25, 0.3) is 0 Å². The van der Waals surface area contributed by atoms with Crippen molar-refractivity contribution < 1.29 is 9.84 Å². The largest absolute Gasteiger partial charge is 0.493 e. The number of hydrogen-bond donors (Lipinski definition) is 3. The van der Waals surface area contributed by atoms with Crippen molar-refractivity contribution in [2.45, 2.75) is 30.9 Å². The third-order valence-corrected chi connectivity index (χ3v) is 5.37. The van der Waals surface area contributed by atoms with Gasteiger partial charge < -0.3 is 20.5 Å². The Hall–Kier alpha value is -2.53. The summed E-state index contributed by atoms with van der Waals surface area (Å²) in [5.41, 5.74) is 2.56. The molecular formula is C21H25N3O2. The lowest BCUT2D eigenvalue weighted by atomic mass is 9.96. The number of aliphatic hydroxyl groups is 1. The summed E-state index contributed by atoms with van der Waals surface area (Å²) in [6.07, 6.45) is 2.52. The highest BCUT2D eigenvalue weighted by atomic mass is 16.5. The number of para-hydroxylation sites is 1. The minimum Gasteiger partial charge on any atom is -0.493 e. The van der Waals surface area contributed by atoms with Crippen molar-refractivity contribution in [3.8, 4) is 5.75 Å². The maximum absolute atomic E-state index is 11.1. The number of rotatable bonds is 3. The van der Waals surface area contributed by atoms with Crippen LogP contribution >= 0.6 is 0 Å². The van der Waals surface area contributed by atoms with Gasteiger partial charge >= 0.3 is 0 Å². The molecule has 0 spiro atoms. The molecule has 26 heavy (non-hydrogen) atoms. The molecule has 1 heterocycles. The standard InChI is InChI=1S/C21H25N3O2/c1-22-20(24-18-11-13-26-19-9-5-3-7-16(18)19)23-14-21(25)12-10-15-6-2-4-8-17(15)21/h2-9,18,25H,10-14H2,1H3,(H2,22,23,24). The number of benzene rings is 2. The third-order valence-electron chi connectivity index (χ3n) is 5.37. The smallest absolute Gasteiger partial charge is 0.191 e. The van der Waals surface area contributed by atoms with Crippen LogP contribution in [0.3, 0.4) is 0 Å². The molecule has 0 amide bonds. The fourth-order valence-electron chi connectivity index (χ4n) is 3.93. The lowest BCUT2D eigenvalue weighted by Gasteiger charge is -2.30. The van der Waals surface area contributed by atoms with Gasteiger partial charge in [-0.2, -0.15) is 0 Å². The van der Waals surface area contributed by atoms with Crippen molar-refractivity contribution in [1.82, 2.24) is 10.6 Å². The van der Waals surface area contributed by atoms with Crippen LogP contribution in [-0.2, 0) is 12.0 Å². The van der Waals surface area contributed by atoms with Crippen LogP contribution in [-0.4, -0.2) is 31.3 Å². The Labute approximate surface area is 154 Å². The van der Waals surface area contributed by atoms with Gasteiger partial charge in [-0.05, 0) is 30.0 Å². The summed E-state index contributed by atoms with van der Waals surface area (Å²) in [6, 6.07) is 16.4. The number of aliphatic imine (C=N–C) groups is 1. The lowest BCUT2D eigenvalue weighted by molar-refractivity contribution is 0.0431. The first-order chi connectivity index (χ1) is 12.7. The minimum atomic E-state index is -0.845. The summed E-state index contributed by atoms with van der Waals surface area (Å²) >= 11 is 0. The van der Waals surface area contributed by atoms with Gasteiger partial charge in [0.2, 0.25) is 0 Å². The molecule has 5 nitrogen and oxygen atoms in total. The van der Waals surface area contributed by atoms with E-state index in [0.717, 1.165) is 36.1 Å². The fraction of sp³-hybridized carbons (Fsp3) is 0.381. The molecule has 2 atom stereocenters. The second kappa shape index (κ2) is 7.00. The Morgan fingerprint density at radius 3 is 2.92 bits per heavy atom. The minimum absolute atomic E-state index is 0.150. The monoisotopic (exact) mass is 351 g/mol. The van der Waals surface area contributed by atoms with E-state index < -0.39 is 5.60 Å². The maximum atomic E-state index is 11.1. The number of ether oxygens (including phenoxy) is 1. The van der Waals surface area contributed by atoms with Crippen molar-refractivity contribution in [3.63, 3.8) is 0 Å². The van der Waals surface area contributed by atoms with E-state index in [1.807, 2.05) is 36.4 Å². The number of fused-ring (bicyclic) bond motifs is 2. The molecule has 0 bridgehead atoms. The van der Waals surface area contributed by atoms with Crippen LogP contribution in [0.1, 0.15) is 35.6 Å². The highest BCUT2D eigenvalue weighted by Gasteiger charge is 2.36. The molecule has 1 aliphatic carbocycles. The molecule has 0 radical (unpaired) electrons. The van der Waals surface area contributed by atoms with Crippen LogP contribution in [0, 0.1) is 0 Å². The highest BCUT2D eigenvalue weighted by molar-refractivity contribution is 5.80. The SMILES string of the molecule is CN=C(NCC1(O)CCc2ccccc21)NC1CCOc2ccccc21. The first-order valence-corrected chi connectivity index (χ1v) is 9.19. The molecule has 2 unspecified atom stereocenters. The van der Waals surface area contributed by atoms with E-state index in [4.69, 9.17) is 4.74 Å². The molecule has 2 aromatic rings. The Kier molecular flexibility index (Phi) is 4.55. The van der Waals surface area contributed by atoms with Gasteiger partial charge in [-0.25, -0.2) is 0 Å². The van der Waals surface area contributed by atoms with Crippen LogP contribution in [0.4, 0.5) is 0 Å². The quantitative estimate of drug-likeness (QED) is 0.587. The van der Waals surface area contributed by atoms with Crippen LogP contribution < -0.4 is 15.4 Å². The second-order valence-electron chi connectivity index (χ2n) is 6.99. The summed E-state index contributed by atoms with van der Waals surface area (Å²) in [5, 5.41) is 17.9. The zero-order valence-electron chi connectivity index (χ0n) is 15.0. The van der Waals surface area contributed by atoms with Crippen molar-refractivity contribution in [1.29, 1.82) is 0 Å². The van der Waals surface area contributed by atoms with E-state index in [9.17, 15) is 5.11 Å². The summed E-state index contributed by atoms with van der Waals surface area (Å²) in [5.74, 6) is 1.62. The van der Waals surface area contributed by atoms with Crippen LogP contribution in [0.15, 0.2) is 53.5 Å². The molecule has 0 saturated carbocycles. The molecular weight excluding hydrogens is 326 g/mol. The number of hydrogen-bond acceptors (Lipinski definition) is 3. The summed E-state index contributed by atoms with van der Waals surface area (Å²) < 4.78 is 5.72. The average molecular weight is 351 g/mol. The van der Waals surface area contributed by atoms with Crippen molar-refractivity contribution in [2.75, 3.05) is 20.2 Å². The molecule has 0 fully saturated rings. The van der Waals surface area contributed by atoms with E-state index in [1.165, 1.54) is 5.56 Å². The maximum Gasteiger partial charge on any atom is 0.191 e. The molecule has 3 N–H and O–H groups in total. The van der Waals surface area contributed by atoms with E-state index >= 15 is 0 Å². The van der Waals surface area contributed by atoms with Crippen molar-refractivity contribution in [3.05, 3.63) is 65.2 Å². The molecule has 2 aromatic carbocycles. The number of nitrogens with zero attached hydrogens (tertiary/aromatic N) is 1. The molecule has 2 aliphatic rings. The number of aryl methyl sites for hydroxylation is 1. The number of guanidine groups is 1. The topological polar surface area (TPSA) is 65.9 Å². The predicted octanol–water partition coefficient (Wildman–Crippen LogP) is 2.51. The zero-order chi connectivity index (χ0) is 18.0. The summed E-state index contributed by atoms with van der Waals surface area (Å²) in [4.78, 5) is 4.35. The highest BCUT2D eigenvalue weighted by Crippen LogP contribution is 2.36. The van der Waals surface area contributed by atoms with Crippen LogP contribution in [0.5, 0.6) is 5.75 Å². The second-order valence-corrected chi connectivity index (χ2v) is 6.99. The Bertz CT molecular complexity index is 820. The van der Waals surface area contributed by atoms with E-state index in [-0.39, 0.29) is 6.04 Å². The van der Waals surface area contributed by atoms with Crippen LogP contribution in [0.2, 0.25) is 0 Å². The van der Waals surface area contributed by atoms with Gasteiger partial charge in [0.1, 0.15) is 11.4 Å². The molecule has 1 aliphatic heterocycles. The molecule has 0 saturated heterocycles. The van der Waals surface area contributed by atoms with E-state index in [1.54, 1.807) is 7.05 Å². The first kappa shape index (κ1) is 16.9. The normalized spacial score (nSPS) is 24.4. The summed E-state index contributed by atoms with van der Waals surface area (Å²) in [6.45, 7) is 1.12. The van der Waals surface area contributed by atoms with Crippen molar-refractivity contribution >= 4 is 5.96 Å². The molecule has 5 heteroatoms. The third kappa shape index (κ3) is 3.15. The average Bonchev–Trinajstić information content (AvgIpc) is 3.03. The summed E-state index contributed by atoms with van der Waals surface area (Å²) in [7, 11) is 1.76. The van der Waals surface area contributed by atoms with Crippen LogP contribution in [0.25, 0.3) is 0 Å². The van der Waals surface area contributed by atoms with Gasteiger partial charge in [0, 0.05) is 19.0 Å².